The molecule has 4 N–H and O–H groups in total. The van der Waals surface area contributed by atoms with E-state index in [1.165, 1.54) is 0 Å². The maximum atomic E-state index is 12.1. The van der Waals surface area contributed by atoms with Gasteiger partial charge >= 0.3 is 0 Å². The second kappa shape index (κ2) is 8.15. The van der Waals surface area contributed by atoms with Gasteiger partial charge in [0.1, 0.15) is 0 Å². The average molecular weight is 326 g/mol. The highest BCUT2D eigenvalue weighted by Gasteiger charge is 2.17. The molecule has 6 heteroatoms. The van der Waals surface area contributed by atoms with E-state index in [1.54, 1.807) is 18.2 Å². The molecule has 0 saturated carbocycles. The molecule has 122 valence electrons. The van der Waals surface area contributed by atoms with Crippen LogP contribution in [-0.2, 0) is 4.79 Å². The van der Waals surface area contributed by atoms with E-state index in [4.69, 9.17) is 17.3 Å². The Morgan fingerprint density at radius 2 is 1.95 bits per heavy atom. The first-order chi connectivity index (χ1) is 10.2. The fraction of sp³-hybridized carbons (Fsp3) is 0.500. The molecule has 1 aromatic rings. The molecule has 1 aromatic carbocycles. The molecule has 5 nitrogen and oxygen atoms in total. The number of benzene rings is 1. The molecule has 0 unspecified atom stereocenters. The van der Waals surface area contributed by atoms with Crippen LogP contribution in [0.4, 0.5) is 5.69 Å². The molecule has 22 heavy (non-hydrogen) atoms. The van der Waals surface area contributed by atoms with Crippen molar-refractivity contribution in [3.63, 3.8) is 0 Å². The molecule has 1 rings (SSSR count). The Balaban J connectivity index is 2.77. The van der Waals surface area contributed by atoms with E-state index in [1.807, 2.05) is 20.8 Å². The molecule has 0 aliphatic rings. The van der Waals surface area contributed by atoms with Gasteiger partial charge in [-0.15, -0.1) is 0 Å². The van der Waals surface area contributed by atoms with Crippen molar-refractivity contribution < 1.29 is 9.59 Å². The van der Waals surface area contributed by atoms with Crippen molar-refractivity contribution in [3.05, 3.63) is 28.8 Å². The van der Waals surface area contributed by atoms with Crippen molar-refractivity contribution in [3.8, 4) is 0 Å². The summed E-state index contributed by atoms with van der Waals surface area (Å²) in [6, 6.07) is 4.87. The summed E-state index contributed by atoms with van der Waals surface area (Å²) in [5.41, 5.74) is 6.19. The van der Waals surface area contributed by atoms with Gasteiger partial charge in [0.05, 0.1) is 10.6 Å². The number of nitrogens with two attached hydrogens (primary N) is 1. The summed E-state index contributed by atoms with van der Waals surface area (Å²) in [7, 11) is 0. The lowest BCUT2D eigenvalue weighted by molar-refractivity contribution is -0.117. The van der Waals surface area contributed by atoms with Crippen LogP contribution in [0.2, 0.25) is 5.02 Å². The highest BCUT2D eigenvalue weighted by atomic mass is 35.5. The molecular formula is C16H24ClN3O2. The minimum atomic E-state index is -0.273. The summed E-state index contributed by atoms with van der Waals surface area (Å²) >= 11 is 6.05. The second-order valence-corrected chi connectivity index (χ2v) is 6.79. The summed E-state index contributed by atoms with van der Waals surface area (Å²) in [6.45, 7) is 6.98. The van der Waals surface area contributed by atoms with Gasteiger partial charge in [-0.1, -0.05) is 32.4 Å². The van der Waals surface area contributed by atoms with Crippen molar-refractivity contribution in [1.82, 2.24) is 5.32 Å². The number of hydrogen-bond acceptors (Lipinski definition) is 3. The summed E-state index contributed by atoms with van der Waals surface area (Å²) in [5.74, 6) is -0.366. The van der Waals surface area contributed by atoms with E-state index in [9.17, 15) is 9.59 Å². The molecule has 0 atom stereocenters. The smallest absolute Gasteiger partial charge is 0.252 e. The average Bonchev–Trinajstić information content (AvgIpc) is 2.39. The minimum Gasteiger partial charge on any atom is -0.352 e. The lowest BCUT2D eigenvalue weighted by atomic mass is 9.92. The molecule has 0 aliphatic heterocycles. The van der Waals surface area contributed by atoms with Gasteiger partial charge in [-0.05, 0) is 36.6 Å². The van der Waals surface area contributed by atoms with Crippen molar-refractivity contribution in [2.24, 2.45) is 11.1 Å². The topological polar surface area (TPSA) is 84.2 Å². The van der Waals surface area contributed by atoms with Gasteiger partial charge in [0.25, 0.3) is 5.91 Å². The van der Waals surface area contributed by atoms with Gasteiger partial charge < -0.3 is 16.4 Å². The third-order valence-electron chi connectivity index (χ3n) is 2.85. The number of nitrogens with one attached hydrogen (secondary N) is 2. The van der Waals surface area contributed by atoms with Crippen LogP contribution in [0.3, 0.4) is 0 Å². The molecule has 0 heterocycles. The number of carbonyl (C=O) groups excluding carboxylic acids is 2. The monoisotopic (exact) mass is 325 g/mol. The SMILES string of the molecule is CC(C)(C)CC(=O)Nc1ccc(Cl)c(C(=O)NCCCN)c1. The summed E-state index contributed by atoms with van der Waals surface area (Å²) in [6.07, 6.45) is 1.10. The van der Waals surface area contributed by atoms with Crippen molar-refractivity contribution in [2.45, 2.75) is 33.6 Å². The lowest BCUT2D eigenvalue weighted by Crippen LogP contribution is -2.26. The maximum Gasteiger partial charge on any atom is 0.252 e. The molecule has 0 radical (unpaired) electrons. The van der Waals surface area contributed by atoms with E-state index < -0.39 is 0 Å². The number of anilines is 1. The third-order valence-corrected chi connectivity index (χ3v) is 3.18. The van der Waals surface area contributed by atoms with Gasteiger partial charge in [0, 0.05) is 18.7 Å². The van der Waals surface area contributed by atoms with Crippen LogP contribution in [0.15, 0.2) is 18.2 Å². The van der Waals surface area contributed by atoms with Crippen molar-refractivity contribution in [1.29, 1.82) is 0 Å². The maximum absolute atomic E-state index is 12.1. The number of hydrogen-bond donors (Lipinski definition) is 3. The molecule has 0 aromatic heterocycles. The lowest BCUT2D eigenvalue weighted by Gasteiger charge is -2.17. The molecule has 2 amide bonds. The number of rotatable bonds is 6. The Morgan fingerprint density at radius 1 is 1.27 bits per heavy atom. The molecule has 0 saturated heterocycles. The van der Waals surface area contributed by atoms with Gasteiger partial charge in [0.2, 0.25) is 5.91 Å². The first-order valence-corrected chi connectivity index (χ1v) is 7.68. The molecule has 0 bridgehead atoms. The normalized spacial score (nSPS) is 11.1. The fourth-order valence-electron chi connectivity index (χ4n) is 1.86. The summed E-state index contributed by atoms with van der Waals surface area (Å²) < 4.78 is 0. The Hall–Kier alpha value is -1.59. The standard InChI is InChI=1S/C16H24ClN3O2/c1-16(2,3)10-14(21)20-11-5-6-13(17)12(9-11)15(22)19-8-4-7-18/h5-6,9H,4,7-8,10,18H2,1-3H3,(H,19,22)(H,20,21). The van der Waals surface area contributed by atoms with Gasteiger partial charge in [-0.3, -0.25) is 9.59 Å². The van der Waals surface area contributed by atoms with Crippen molar-refractivity contribution in [2.75, 3.05) is 18.4 Å². The predicted octanol–water partition coefficient (Wildman–Crippen LogP) is 2.79. The second-order valence-electron chi connectivity index (χ2n) is 6.38. The van der Waals surface area contributed by atoms with Crippen LogP contribution in [0.1, 0.15) is 44.0 Å². The number of carbonyl (C=O) groups is 2. The zero-order valence-corrected chi connectivity index (χ0v) is 14.1. The van der Waals surface area contributed by atoms with Crippen LogP contribution in [0.25, 0.3) is 0 Å². The minimum absolute atomic E-state index is 0.0932. The van der Waals surface area contributed by atoms with Gasteiger partial charge in [0.15, 0.2) is 0 Å². The van der Waals surface area contributed by atoms with E-state index in [0.29, 0.717) is 42.2 Å². The third kappa shape index (κ3) is 6.45. The Kier molecular flexibility index (Phi) is 6.84. The van der Waals surface area contributed by atoms with Gasteiger partial charge in [-0.25, -0.2) is 0 Å². The number of amides is 2. The molecule has 0 spiro atoms. The van der Waals surface area contributed by atoms with E-state index in [0.717, 1.165) is 0 Å². The largest absolute Gasteiger partial charge is 0.352 e. The van der Waals surface area contributed by atoms with Crippen LogP contribution < -0.4 is 16.4 Å². The van der Waals surface area contributed by atoms with Crippen LogP contribution in [0, 0.1) is 5.41 Å². The fourth-order valence-corrected chi connectivity index (χ4v) is 2.07. The first-order valence-electron chi connectivity index (χ1n) is 7.30. The highest BCUT2D eigenvalue weighted by Crippen LogP contribution is 2.23. The van der Waals surface area contributed by atoms with E-state index >= 15 is 0 Å². The van der Waals surface area contributed by atoms with Crippen LogP contribution in [0.5, 0.6) is 0 Å². The van der Waals surface area contributed by atoms with E-state index in [-0.39, 0.29) is 17.2 Å². The molecule has 0 aliphatic carbocycles. The van der Waals surface area contributed by atoms with Crippen molar-refractivity contribution >= 4 is 29.1 Å². The summed E-state index contributed by atoms with van der Waals surface area (Å²) in [4.78, 5) is 24.0. The van der Waals surface area contributed by atoms with Crippen LogP contribution in [-0.4, -0.2) is 24.9 Å². The predicted molar refractivity (Wildman–Crippen MR) is 90.2 cm³/mol. The molecule has 0 fully saturated rings. The Bertz CT molecular complexity index is 539. The summed E-state index contributed by atoms with van der Waals surface area (Å²) in [5, 5.41) is 5.88. The Labute approximate surface area is 136 Å². The number of halogens is 1. The Morgan fingerprint density at radius 3 is 2.55 bits per heavy atom. The first kappa shape index (κ1) is 18.5. The zero-order chi connectivity index (χ0) is 16.8. The van der Waals surface area contributed by atoms with Gasteiger partial charge in [-0.2, -0.15) is 0 Å². The zero-order valence-electron chi connectivity index (χ0n) is 13.3. The highest BCUT2D eigenvalue weighted by molar-refractivity contribution is 6.34. The van der Waals surface area contributed by atoms with Crippen LogP contribution >= 0.6 is 11.6 Å². The quantitative estimate of drug-likeness (QED) is 0.703. The molecular weight excluding hydrogens is 302 g/mol. The van der Waals surface area contributed by atoms with E-state index in [2.05, 4.69) is 10.6 Å².